The van der Waals surface area contributed by atoms with Gasteiger partial charge in [-0.05, 0) is 43.2 Å². The lowest BCUT2D eigenvalue weighted by Crippen LogP contribution is -2.17. The number of carbonyl (C=O) groups excluding carboxylic acids is 1. The predicted molar refractivity (Wildman–Crippen MR) is 122 cm³/mol. The third-order valence-corrected chi connectivity index (χ3v) is 5.02. The van der Waals surface area contributed by atoms with Crippen molar-refractivity contribution >= 4 is 12.0 Å². The minimum atomic E-state index is -0.289. The first-order valence-electron chi connectivity index (χ1n) is 10.8. The van der Waals surface area contributed by atoms with Gasteiger partial charge in [0.25, 0.3) is 0 Å². The molecule has 1 heterocycles. The number of esters is 1. The van der Waals surface area contributed by atoms with Crippen LogP contribution in [0.1, 0.15) is 99.1 Å². The summed E-state index contributed by atoms with van der Waals surface area (Å²) >= 11 is 0. The van der Waals surface area contributed by atoms with E-state index in [1.54, 1.807) is 0 Å². The van der Waals surface area contributed by atoms with Crippen molar-refractivity contribution in [2.45, 2.75) is 73.1 Å². The summed E-state index contributed by atoms with van der Waals surface area (Å²) < 4.78 is 5.50. The van der Waals surface area contributed by atoms with Gasteiger partial charge in [-0.3, -0.25) is 4.98 Å². The van der Waals surface area contributed by atoms with Crippen LogP contribution in [0.3, 0.4) is 0 Å². The highest BCUT2D eigenvalue weighted by atomic mass is 16.5. The molecular weight excluding hydrogens is 358 g/mol. The van der Waals surface area contributed by atoms with Gasteiger partial charge in [-0.25, -0.2) is 4.79 Å². The lowest BCUT2D eigenvalue weighted by Gasteiger charge is -2.23. The Morgan fingerprint density at radius 2 is 1.72 bits per heavy atom. The standard InChI is InChI=1S/C26H35NO2/c1-8-10-11-16-21-22(20-15-13-12-14-19(20)7)23(26(28)29-9-2)25(18(5)6)27-24(21)17(3)4/h11-18H,8-10H2,1-7H3/b16-11+. The monoisotopic (exact) mass is 393 g/mol. The molecule has 0 radical (unpaired) electrons. The van der Waals surface area contributed by atoms with Crippen LogP contribution in [0.4, 0.5) is 0 Å². The lowest BCUT2D eigenvalue weighted by atomic mass is 9.85. The minimum Gasteiger partial charge on any atom is -0.462 e. The third kappa shape index (κ3) is 5.14. The molecule has 156 valence electrons. The Morgan fingerprint density at radius 3 is 2.28 bits per heavy atom. The van der Waals surface area contributed by atoms with Gasteiger partial charge in [-0.15, -0.1) is 0 Å². The molecule has 0 fully saturated rings. The van der Waals surface area contributed by atoms with Crippen molar-refractivity contribution in [3.05, 3.63) is 58.4 Å². The second-order valence-corrected chi connectivity index (χ2v) is 8.08. The number of aromatic nitrogens is 1. The van der Waals surface area contributed by atoms with Crippen LogP contribution < -0.4 is 0 Å². The molecule has 0 saturated heterocycles. The van der Waals surface area contributed by atoms with Gasteiger partial charge in [0.2, 0.25) is 0 Å². The number of rotatable bonds is 8. The molecule has 0 aliphatic carbocycles. The van der Waals surface area contributed by atoms with E-state index >= 15 is 0 Å². The van der Waals surface area contributed by atoms with Gasteiger partial charge in [0, 0.05) is 11.1 Å². The summed E-state index contributed by atoms with van der Waals surface area (Å²) in [7, 11) is 0. The van der Waals surface area contributed by atoms with Crippen molar-refractivity contribution in [1.82, 2.24) is 4.98 Å². The molecule has 0 amide bonds. The summed E-state index contributed by atoms with van der Waals surface area (Å²) in [5, 5.41) is 0. The van der Waals surface area contributed by atoms with E-state index < -0.39 is 0 Å². The smallest absolute Gasteiger partial charge is 0.340 e. The topological polar surface area (TPSA) is 39.2 Å². The van der Waals surface area contributed by atoms with Crippen LogP contribution in [0.15, 0.2) is 30.3 Å². The normalized spacial score (nSPS) is 11.6. The molecule has 29 heavy (non-hydrogen) atoms. The number of nitrogens with zero attached hydrogens (tertiary/aromatic N) is 1. The first-order chi connectivity index (χ1) is 13.8. The average molecular weight is 394 g/mol. The first kappa shape index (κ1) is 22.9. The molecule has 0 saturated carbocycles. The molecule has 0 spiro atoms. The summed E-state index contributed by atoms with van der Waals surface area (Å²) in [5.41, 5.74) is 6.66. The first-order valence-corrected chi connectivity index (χ1v) is 10.8. The van der Waals surface area contributed by atoms with E-state index in [1.807, 2.05) is 19.1 Å². The van der Waals surface area contributed by atoms with Crippen LogP contribution in [0.5, 0.6) is 0 Å². The van der Waals surface area contributed by atoms with Gasteiger partial charge in [0.15, 0.2) is 0 Å². The van der Waals surface area contributed by atoms with Gasteiger partial charge >= 0.3 is 5.97 Å². The lowest BCUT2D eigenvalue weighted by molar-refractivity contribution is 0.0525. The van der Waals surface area contributed by atoms with Crippen molar-refractivity contribution in [1.29, 1.82) is 0 Å². The van der Waals surface area contributed by atoms with Crippen LogP contribution in [-0.2, 0) is 4.74 Å². The second-order valence-electron chi connectivity index (χ2n) is 8.08. The van der Waals surface area contributed by atoms with Crippen molar-refractivity contribution in [2.24, 2.45) is 0 Å². The number of carbonyl (C=O) groups is 1. The second kappa shape index (κ2) is 10.4. The molecule has 0 N–H and O–H groups in total. The maximum absolute atomic E-state index is 13.2. The molecule has 0 atom stereocenters. The number of benzene rings is 1. The Morgan fingerprint density at radius 1 is 1.07 bits per heavy atom. The summed E-state index contributed by atoms with van der Waals surface area (Å²) in [4.78, 5) is 18.2. The zero-order chi connectivity index (χ0) is 21.6. The van der Waals surface area contributed by atoms with Gasteiger partial charge in [0.05, 0.1) is 23.6 Å². The Labute approximate surface area is 176 Å². The van der Waals surface area contributed by atoms with Crippen LogP contribution >= 0.6 is 0 Å². The maximum Gasteiger partial charge on any atom is 0.340 e. The number of pyridine rings is 1. The number of ether oxygens (including phenoxy) is 1. The maximum atomic E-state index is 13.2. The van der Waals surface area contributed by atoms with Gasteiger partial charge in [0.1, 0.15) is 0 Å². The fourth-order valence-corrected chi connectivity index (χ4v) is 3.57. The van der Waals surface area contributed by atoms with Gasteiger partial charge in [-0.1, -0.05) is 77.5 Å². The van der Waals surface area contributed by atoms with Crippen LogP contribution in [0.2, 0.25) is 0 Å². The van der Waals surface area contributed by atoms with Crippen molar-refractivity contribution < 1.29 is 9.53 Å². The van der Waals surface area contributed by atoms with E-state index in [9.17, 15) is 4.79 Å². The summed E-state index contributed by atoms with van der Waals surface area (Å²) in [6.07, 6.45) is 6.41. The number of hydrogen-bond donors (Lipinski definition) is 0. The van der Waals surface area contributed by atoms with E-state index in [0.29, 0.717) is 12.2 Å². The highest BCUT2D eigenvalue weighted by Crippen LogP contribution is 2.39. The molecule has 0 aliphatic heterocycles. The predicted octanol–water partition coefficient (Wildman–Crippen LogP) is 7.29. The average Bonchev–Trinajstić information content (AvgIpc) is 2.67. The molecule has 1 aromatic carbocycles. The zero-order valence-electron chi connectivity index (χ0n) is 19.0. The van der Waals surface area contributed by atoms with Crippen molar-refractivity contribution in [3.63, 3.8) is 0 Å². The fraction of sp³-hybridized carbons (Fsp3) is 0.462. The molecular formula is C26H35NO2. The van der Waals surface area contributed by atoms with E-state index in [-0.39, 0.29) is 17.8 Å². The van der Waals surface area contributed by atoms with Crippen LogP contribution in [0, 0.1) is 6.92 Å². The third-order valence-electron chi connectivity index (χ3n) is 5.02. The summed E-state index contributed by atoms with van der Waals surface area (Å²) in [5.74, 6) is 0.0681. The molecule has 0 aliphatic rings. The highest BCUT2D eigenvalue weighted by Gasteiger charge is 2.28. The van der Waals surface area contributed by atoms with E-state index in [4.69, 9.17) is 9.72 Å². The van der Waals surface area contributed by atoms with E-state index in [0.717, 1.165) is 46.5 Å². The molecule has 1 aromatic heterocycles. The fourth-order valence-electron chi connectivity index (χ4n) is 3.57. The number of aryl methyl sites for hydroxylation is 1. The summed E-state index contributed by atoms with van der Waals surface area (Å²) in [6.45, 7) is 14.9. The SMILES string of the molecule is CCC/C=C/c1c(C(C)C)nc(C(C)C)c(C(=O)OCC)c1-c1ccccc1C. The molecule has 0 unspecified atom stereocenters. The van der Waals surface area contributed by atoms with Crippen LogP contribution in [-0.4, -0.2) is 17.6 Å². The molecule has 0 bridgehead atoms. The number of allylic oxidation sites excluding steroid dienone is 1. The van der Waals surface area contributed by atoms with Crippen molar-refractivity contribution in [2.75, 3.05) is 6.61 Å². The van der Waals surface area contributed by atoms with Crippen molar-refractivity contribution in [3.8, 4) is 11.1 Å². The molecule has 3 nitrogen and oxygen atoms in total. The Balaban J connectivity index is 3.01. The van der Waals surface area contributed by atoms with E-state index in [2.05, 4.69) is 65.8 Å². The van der Waals surface area contributed by atoms with Gasteiger partial charge < -0.3 is 4.74 Å². The number of unbranched alkanes of at least 4 members (excludes halogenated alkanes) is 1. The largest absolute Gasteiger partial charge is 0.462 e. The Kier molecular flexibility index (Phi) is 8.19. The zero-order valence-corrected chi connectivity index (χ0v) is 19.0. The Bertz CT molecular complexity index is 879. The highest BCUT2D eigenvalue weighted by molar-refractivity contribution is 6.01. The van der Waals surface area contributed by atoms with E-state index in [1.165, 1.54) is 0 Å². The quantitative estimate of drug-likeness (QED) is 0.442. The summed E-state index contributed by atoms with van der Waals surface area (Å²) in [6, 6.07) is 8.25. The van der Waals surface area contributed by atoms with Crippen LogP contribution in [0.25, 0.3) is 17.2 Å². The molecule has 3 heteroatoms. The Hall–Kier alpha value is -2.42. The number of hydrogen-bond acceptors (Lipinski definition) is 3. The molecule has 2 aromatic rings. The van der Waals surface area contributed by atoms with Gasteiger partial charge in [-0.2, -0.15) is 0 Å². The molecule has 2 rings (SSSR count). The minimum absolute atomic E-state index is 0.114.